The van der Waals surface area contributed by atoms with E-state index in [0.717, 1.165) is 44.0 Å². The van der Waals surface area contributed by atoms with Gasteiger partial charge in [-0.05, 0) is 48.2 Å². The number of carbonyl (C=O) groups is 1. The van der Waals surface area contributed by atoms with Crippen LogP contribution in [0.25, 0.3) is 0 Å². The monoisotopic (exact) mass is 363 g/mol. The Morgan fingerprint density at radius 2 is 1.92 bits per heavy atom. The molecule has 8 nitrogen and oxygen atoms in total. The summed E-state index contributed by atoms with van der Waals surface area (Å²) in [6.45, 7) is 4.19. The molecule has 0 aliphatic carbocycles. The number of carbonyl (C=O) groups excluding carboxylic acids is 1. The fraction of sp³-hybridized carbons (Fsp3) is 0.500. The van der Waals surface area contributed by atoms with E-state index in [4.69, 9.17) is 9.47 Å². The van der Waals surface area contributed by atoms with Crippen LogP contribution in [0, 0.1) is 4.91 Å². The van der Waals surface area contributed by atoms with E-state index < -0.39 is 11.6 Å². The number of aliphatic hydroxyl groups is 1. The quantitative estimate of drug-likeness (QED) is 0.318. The molecule has 1 aliphatic rings. The number of benzene rings is 1. The topological polar surface area (TPSA) is 100 Å². The zero-order valence-corrected chi connectivity index (χ0v) is 15.4. The molecule has 0 spiro atoms. The van der Waals surface area contributed by atoms with Gasteiger partial charge in [-0.25, -0.2) is 0 Å². The van der Waals surface area contributed by atoms with Crippen molar-refractivity contribution in [1.82, 2.24) is 10.2 Å². The number of nitroso groups, excluding NO2 is 1. The van der Waals surface area contributed by atoms with Crippen molar-refractivity contribution in [2.45, 2.75) is 26.3 Å². The van der Waals surface area contributed by atoms with Crippen molar-refractivity contribution in [3.63, 3.8) is 0 Å². The van der Waals surface area contributed by atoms with E-state index in [1.807, 2.05) is 12.1 Å². The lowest BCUT2D eigenvalue weighted by Gasteiger charge is -2.29. The highest BCUT2D eigenvalue weighted by Gasteiger charge is 2.19. The van der Waals surface area contributed by atoms with Crippen LogP contribution < -0.4 is 14.8 Å². The van der Waals surface area contributed by atoms with Gasteiger partial charge in [-0.15, -0.1) is 4.91 Å². The van der Waals surface area contributed by atoms with Gasteiger partial charge in [-0.2, -0.15) is 0 Å². The third-order valence-electron chi connectivity index (χ3n) is 4.38. The molecular weight excluding hydrogens is 338 g/mol. The Morgan fingerprint density at radius 3 is 2.50 bits per heavy atom. The molecule has 0 aromatic heterocycles. The SMILES string of the molecule is COc1cc2c(cc1OC)CN(CCCNC(=O)C(N=O)=C(C)O)CC2. The van der Waals surface area contributed by atoms with E-state index in [-0.39, 0.29) is 5.76 Å². The maximum absolute atomic E-state index is 11.7. The summed E-state index contributed by atoms with van der Waals surface area (Å²) in [7, 11) is 3.26. The molecule has 0 unspecified atom stereocenters. The predicted octanol–water partition coefficient (Wildman–Crippen LogP) is 2.12. The molecule has 8 heteroatoms. The Morgan fingerprint density at radius 1 is 1.27 bits per heavy atom. The van der Waals surface area contributed by atoms with Gasteiger partial charge in [-0.3, -0.25) is 9.69 Å². The first-order valence-electron chi connectivity index (χ1n) is 8.47. The van der Waals surface area contributed by atoms with E-state index in [1.54, 1.807) is 14.2 Å². The molecule has 1 aliphatic heterocycles. The molecule has 0 bridgehead atoms. The Kier molecular flexibility index (Phi) is 6.97. The van der Waals surface area contributed by atoms with Crippen molar-refractivity contribution in [1.29, 1.82) is 0 Å². The number of rotatable bonds is 8. The zero-order chi connectivity index (χ0) is 19.1. The minimum Gasteiger partial charge on any atom is -0.510 e. The number of aliphatic hydroxyl groups excluding tert-OH is 1. The molecule has 1 aromatic carbocycles. The number of hydrogen-bond acceptors (Lipinski definition) is 7. The summed E-state index contributed by atoms with van der Waals surface area (Å²) < 4.78 is 10.7. The third kappa shape index (κ3) is 4.72. The van der Waals surface area contributed by atoms with Crippen molar-refractivity contribution >= 4 is 5.91 Å². The summed E-state index contributed by atoms with van der Waals surface area (Å²) >= 11 is 0. The van der Waals surface area contributed by atoms with E-state index in [1.165, 1.54) is 18.1 Å². The van der Waals surface area contributed by atoms with Crippen LogP contribution in [0.5, 0.6) is 11.5 Å². The first-order valence-corrected chi connectivity index (χ1v) is 8.47. The average molecular weight is 363 g/mol. The maximum Gasteiger partial charge on any atom is 0.277 e. The molecule has 142 valence electrons. The van der Waals surface area contributed by atoms with Gasteiger partial charge in [0.05, 0.1) is 14.2 Å². The molecular formula is C18H25N3O5. The lowest BCUT2D eigenvalue weighted by molar-refractivity contribution is -0.117. The Bertz CT molecular complexity index is 698. The first-order chi connectivity index (χ1) is 12.5. The Labute approximate surface area is 152 Å². The predicted molar refractivity (Wildman–Crippen MR) is 97.3 cm³/mol. The second-order valence-electron chi connectivity index (χ2n) is 6.14. The molecule has 2 N–H and O–H groups in total. The van der Waals surface area contributed by atoms with Crippen molar-refractivity contribution < 1.29 is 19.4 Å². The number of allylic oxidation sites excluding steroid dienone is 1. The second kappa shape index (κ2) is 9.19. The van der Waals surface area contributed by atoms with Crippen LogP contribution in [0.15, 0.2) is 28.8 Å². The van der Waals surface area contributed by atoms with Gasteiger partial charge in [0.2, 0.25) is 5.70 Å². The summed E-state index contributed by atoms with van der Waals surface area (Å²) in [5.41, 5.74) is 2.00. The molecule has 2 rings (SSSR count). The molecule has 0 atom stereocenters. The van der Waals surface area contributed by atoms with Crippen LogP contribution in [-0.2, 0) is 17.8 Å². The lowest BCUT2D eigenvalue weighted by Crippen LogP contribution is -2.34. The average Bonchev–Trinajstić information content (AvgIpc) is 2.64. The number of nitrogens with zero attached hydrogens (tertiary/aromatic N) is 2. The number of ether oxygens (including phenoxy) is 2. The van der Waals surface area contributed by atoms with Crippen molar-refractivity contribution in [2.75, 3.05) is 33.9 Å². The van der Waals surface area contributed by atoms with Crippen molar-refractivity contribution in [3.8, 4) is 11.5 Å². The Balaban J connectivity index is 1.85. The van der Waals surface area contributed by atoms with Gasteiger partial charge >= 0.3 is 0 Å². The van der Waals surface area contributed by atoms with Crippen LogP contribution in [0.4, 0.5) is 0 Å². The molecule has 1 aromatic rings. The number of hydrogen-bond donors (Lipinski definition) is 2. The zero-order valence-electron chi connectivity index (χ0n) is 15.4. The minimum absolute atomic E-state index is 0.380. The molecule has 26 heavy (non-hydrogen) atoms. The summed E-state index contributed by atoms with van der Waals surface area (Å²) in [6.07, 6.45) is 1.65. The number of nitrogens with one attached hydrogen (secondary N) is 1. The van der Waals surface area contributed by atoms with Crippen molar-refractivity contribution in [2.24, 2.45) is 5.18 Å². The highest BCUT2D eigenvalue weighted by atomic mass is 16.5. The van der Waals surface area contributed by atoms with Crippen LogP contribution in [-0.4, -0.2) is 49.8 Å². The Hall–Kier alpha value is -2.61. The van der Waals surface area contributed by atoms with Gasteiger partial charge in [0.1, 0.15) is 5.76 Å². The highest BCUT2D eigenvalue weighted by molar-refractivity contribution is 5.93. The number of methoxy groups -OCH3 is 2. The molecule has 1 amide bonds. The lowest BCUT2D eigenvalue weighted by atomic mass is 9.98. The largest absolute Gasteiger partial charge is 0.510 e. The summed E-state index contributed by atoms with van der Waals surface area (Å²) in [6, 6.07) is 4.04. The summed E-state index contributed by atoms with van der Waals surface area (Å²) in [4.78, 5) is 24.5. The van der Waals surface area contributed by atoms with Crippen LogP contribution in [0.1, 0.15) is 24.5 Å². The van der Waals surface area contributed by atoms with E-state index in [2.05, 4.69) is 15.4 Å². The van der Waals surface area contributed by atoms with Gasteiger partial charge in [0.15, 0.2) is 11.5 Å². The van der Waals surface area contributed by atoms with Crippen LogP contribution >= 0.6 is 0 Å². The third-order valence-corrected chi connectivity index (χ3v) is 4.38. The standard InChI is InChI=1S/C18H25N3O5/c1-12(22)17(20-24)18(23)19-6-4-7-21-8-5-13-9-15(25-2)16(26-3)10-14(13)11-21/h9-10,22H,4-8,11H2,1-3H3,(H,19,23). The summed E-state index contributed by atoms with van der Waals surface area (Å²) in [5, 5.41) is 14.4. The molecule has 0 fully saturated rings. The first kappa shape index (κ1) is 19.7. The summed E-state index contributed by atoms with van der Waals surface area (Å²) in [5.74, 6) is 0.435. The minimum atomic E-state index is -0.652. The molecule has 0 saturated heterocycles. The molecule has 0 radical (unpaired) electrons. The van der Waals surface area contributed by atoms with E-state index in [0.29, 0.717) is 6.54 Å². The fourth-order valence-electron chi connectivity index (χ4n) is 2.99. The molecule has 0 saturated carbocycles. The van der Waals surface area contributed by atoms with Gasteiger partial charge in [0, 0.05) is 26.2 Å². The van der Waals surface area contributed by atoms with Gasteiger partial charge in [-0.1, -0.05) is 0 Å². The number of amides is 1. The highest BCUT2D eigenvalue weighted by Crippen LogP contribution is 2.33. The van der Waals surface area contributed by atoms with E-state index in [9.17, 15) is 14.8 Å². The van der Waals surface area contributed by atoms with Crippen LogP contribution in [0.2, 0.25) is 0 Å². The van der Waals surface area contributed by atoms with Gasteiger partial charge < -0.3 is 19.9 Å². The number of fused-ring (bicyclic) bond motifs is 1. The van der Waals surface area contributed by atoms with Crippen molar-refractivity contribution in [3.05, 3.63) is 39.6 Å². The van der Waals surface area contributed by atoms with Gasteiger partial charge in [0.25, 0.3) is 5.91 Å². The molecule has 1 heterocycles. The second-order valence-corrected chi connectivity index (χ2v) is 6.14. The normalized spacial score (nSPS) is 14.9. The van der Waals surface area contributed by atoms with E-state index >= 15 is 0 Å². The fourth-order valence-corrected chi connectivity index (χ4v) is 2.99. The maximum atomic E-state index is 11.7. The van der Waals surface area contributed by atoms with Crippen LogP contribution in [0.3, 0.4) is 0 Å². The smallest absolute Gasteiger partial charge is 0.277 e.